The quantitative estimate of drug-likeness (QED) is 0.275. The SMILES string of the molecule is C#[N+]/C(=C\C(N=C)=C(/C)CC1CC(C)(C)NC(C)(C)C1)c1ccc(/C(C=C)=C/N=CC)cc1O.CCC. The van der Waals surface area contributed by atoms with Crippen LogP contribution in [0.4, 0.5) is 0 Å². The van der Waals surface area contributed by atoms with Crippen molar-refractivity contribution in [2.75, 3.05) is 0 Å². The van der Waals surface area contributed by atoms with Gasteiger partial charge in [-0.05, 0) is 107 Å². The minimum atomic E-state index is 0.0640. The zero-order valence-electron chi connectivity index (χ0n) is 24.2. The third kappa shape index (κ3) is 9.98. The van der Waals surface area contributed by atoms with Crippen molar-refractivity contribution in [3.05, 3.63) is 70.4 Å². The van der Waals surface area contributed by atoms with Gasteiger partial charge in [0.1, 0.15) is 11.3 Å². The second kappa shape index (κ2) is 14.5. The van der Waals surface area contributed by atoms with Gasteiger partial charge in [0.25, 0.3) is 6.57 Å². The van der Waals surface area contributed by atoms with Crippen LogP contribution in [0.1, 0.15) is 92.2 Å². The Labute approximate surface area is 225 Å². The van der Waals surface area contributed by atoms with Gasteiger partial charge in [-0.2, -0.15) is 0 Å². The number of aliphatic imine (C=N–C) groups is 2. The number of nitrogens with zero attached hydrogens (tertiary/aromatic N) is 3. The predicted molar refractivity (Wildman–Crippen MR) is 164 cm³/mol. The molecular weight excluding hydrogens is 456 g/mol. The summed E-state index contributed by atoms with van der Waals surface area (Å²) in [6, 6.07) is 5.32. The van der Waals surface area contributed by atoms with Crippen molar-refractivity contribution < 1.29 is 5.11 Å². The van der Waals surface area contributed by atoms with Gasteiger partial charge in [-0.25, -0.2) is 0 Å². The molecule has 0 aromatic heterocycles. The van der Waals surface area contributed by atoms with Gasteiger partial charge in [0, 0.05) is 23.5 Å². The van der Waals surface area contributed by atoms with E-state index in [1.807, 2.05) is 13.0 Å². The molecule has 0 radical (unpaired) electrons. The van der Waals surface area contributed by atoms with Crippen LogP contribution < -0.4 is 5.32 Å². The first kappa shape index (κ1) is 31.8. The molecule has 1 aromatic carbocycles. The van der Waals surface area contributed by atoms with E-state index in [4.69, 9.17) is 6.57 Å². The third-order valence-electron chi connectivity index (χ3n) is 6.08. The summed E-state index contributed by atoms with van der Waals surface area (Å²) >= 11 is 0. The van der Waals surface area contributed by atoms with Crippen LogP contribution in [0.3, 0.4) is 0 Å². The summed E-state index contributed by atoms with van der Waals surface area (Å²) in [7, 11) is 0. The largest absolute Gasteiger partial charge is 0.507 e. The van der Waals surface area contributed by atoms with Crippen molar-refractivity contribution in [2.24, 2.45) is 15.9 Å². The maximum absolute atomic E-state index is 10.7. The van der Waals surface area contributed by atoms with Gasteiger partial charge in [0.05, 0.1) is 11.8 Å². The highest BCUT2D eigenvalue weighted by Gasteiger charge is 2.37. The Kier molecular flexibility index (Phi) is 12.5. The van der Waals surface area contributed by atoms with E-state index in [1.54, 1.807) is 36.7 Å². The minimum absolute atomic E-state index is 0.0640. The highest BCUT2D eigenvalue weighted by Crippen LogP contribution is 2.37. The molecule has 37 heavy (non-hydrogen) atoms. The van der Waals surface area contributed by atoms with Gasteiger partial charge in [0.15, 0.2) is 0 Å². The Hall–Kier alpha value is -3.23. The summed E-state index contributed by atoms with van der Waals surface area (Å²) in [4.78, 5) is 12.3. The molecule has 2 rings (SSSR count). The summed E-state index contributed by atoms with van der Waals surface area (Å²) < 4.78 is 0. The molecule has 2 N–H and O–H groups in total. The molecule has 0 atom stereocenters. The van der Waals surface area contributed by atoms with Gasteiger partial charge in [-0.1, -0.05) is 39.0 Å². The Morgan fingerprint density at radius 3 is 2.27 bits per heavy atom. The van der Waals surface area contributed by atoms with Gasteiger partial charge >= 0.3 is 5.70 Å². The van der Waals surface area contributed by atoms with E-state index >= 15 is 0 Å². The normalized spacial score (nSPS) is 18.4. The predicted octanol–water partition coefficient (Wildman–Crippen LogP) is 8.65. The fourth-order valence-electron chi connectivity index (χ4n) is 5.16. The monoisotopic (exact) mass is 503 g/mol. The average Bonchev–Trinajstić information content (AvgIpc) is 2.79. The van der Waals surface area contributed by atoms with Gasteiger partial charge in [-0.3, -0.25) is 9.98 Å². The van der Waals surface area contributed by atoms with Crippen molar-refractivity contribution in [1.82, 2.24) is 5.32 Å². The zero-order chi connectivity index (χ0) is 28.2. The number of phenolic OH excluding ortho intramolecular Hbond substituents is 1. The van der Waals surface area contributed by atoms with Crippen LogP contribution in [-0.2, 0) is 0 Å². The van der Waals surface area contributed by atoms with Crippen molar-refractivity contribution in [1.29, 1.82) is 0 Å². The highest BCUT2D eigenvalue weighted by atomic mass is 16.3. The number of phenols is 1. The number of rotatable bonds is 8. The molecule has 5 nitrogen and oxygen atoms in total. The van der Waals surface area contributed by atoms with Crippen molar-refractivity contribution in [2.45, 2.75) is 92.2 Å². The number of nitrogens with one attached hydrogen (secondary N) is 1. The smallest absolute Gasteiger partial charge is 0.352 e. The molecular formula is C32H47N4O+. The molecule has 0 bridgehead atoms. The van der Waals surface area contributed by atoms with Gasteiger partial charge in [0.2, 0.25) is 0 Å². The van der Waals surface area contributed by atoms with E-state index in [-0.39, 0.29) is 16.8 Å². The molecule has 0 aliphatic carbocycles. The van der Waals surface area contributed by atoms with E-state index < -0.39 is 0 Å². The van der Waals surface area contributed by atoms with Crippen LogP contribution in [0.5, 0.6) is 5.75 Å². The van der Waals surface area contributed by atoms with Crippen molar-refractivity contribution >= 4 is 24.2 Å². The van der Waals surface area contributed by atoms with E-state index in [2.05, 4.69) is 81.9 Å². The van der Waals surface area contributed by atoms with Crippen molar-refractivity contribution in [3.8, 4) is 12.3 Å². The Morgan fingerprint density at radius 1 is 1.22 bits per heavy atom. The van der Waals surface area contributed by atoms with E-state index in [9.17, 15) is 5.11 Å². The Balaban J connectivity index is 0.00000217. The van der Waals surface area contributed by atoms with Crippen LogP contribution in [0.25, 0.3) is 16.1 Å². The first-order valence-electron chi connectivity index (χ1n) is 13.1. The maximum Gasteiger partial charge on any atom is 0.352 e. The fraction of sp³-hybridized carbons (Fsp3) is 0.469. The lowest BCUT2D eigenvalue weighted by Crippen LogP contribution is -2.57. The van der Waals surface area contributed by atoms with Crippen LogP contribution in [-0.4, -0.2) is 29.1 Å². The molecule has 0 amide bonds. The minimum Gasteiger partial charge on any atom is -0.507 e. The molecule has 1 heterocycles. The third-order valence-corrected chi connectivity index (χ3v) is 6.08. The molecule has 5 heteroatoms. The standard InChI is InChI=1S/C29H38N4O.C3H8/c1-10-22(19-32-11-2)23-12-13-24(27(34)15-23)26(31-9)16-25(30-8)20(3)14-21-17-28(4,5)33-29(6,7)18-21;1-3-2/h9-13,15-16,19,21,33H,1,8,14,17-18H2,2-7H3;3H2,1-2H3/p+1/b22-19+,25-20-,26-16-,32-11?;. The van der Waals surface area contributed by atoms with E-state index in [0.717, 1.165) is 41.7 Å². The summed E-state index contributed by atoms with van der Waals surface area (Å²) in [6.07, 6.45) is 11.2. The average molecular weight is 504 g/mol. The molecule has 0 spiro atoms. The Morgan fingerprint density at radius 2 is 1.81 bits per heavy atom. The molecule has 1 saturated heterocycles. The Bertz CT molecular complexity index is 1090. The number of hydrogen-bond donors (Lipinski definition) is 2. The van der Waals surface area contributed by atoms with Gasteiger partial charge < -0.3 is 10.4 Å². The second-order valence-corrected chi connectivity index (χ2v) is 11.0. The lowest BCUT2D eigenvalue weighted by molar-refractivity contribution is 0.128. The van der Waals surface area contributed by atoms with E-state index in [1.165, 1.54) is 6.42 Å². The number of hydrogen-bond acceptors (Lipinski definition) is 4. The van der Waals surface area contributed by atoms with Crippen LogP contribution in [0.15, 0.2) is 64.4 Å². The molecule has 1 fully saturated rings. The number of benzene rings is 1. The summed E-state index contributed by atoms with van der Waals surface area (Å²) in [5.74, 6) is 0.589. The van der Waals surface area contributed by atoms with Crippen LogP contribution in [0, 0.1) is 12.5 Å². The first-order valence-corrected chi connectivity index (χ1v) is 13.1. The zero-order valence-corrected chi connectivity index (χ0v) is 24.2. The molecule has 1 aromatic rings. The number of piperidine rings is 1. The number of allylic oxidation sites excluding steroid dienone is 4. The lowest BCUT2D eigenvalue weighted by Gasteiger charge is -2.46. The molecule has 1 aliphatic rings. The summed E-state index contributed by atoms with van der Waals surface area (Å²) in [5.41, 5.74) is 4.56. The maximum atomic E-state index is 10.7. The second-order valence-electron chi connectivity index (χ2n) is 11.0. The van der Waals surface area contributed by atoms with Crippen molar-refractivity contribution in [3.63, 3.8) is 0 Å². The van der Waals surface area contributed by atoms with E-state index in [0.29, 0.717) is 17.2 Å². The molecule has 0 unspecified atom stereocenters. The summed E-state index contributed by atoms with van der Waals surface area (Å²) in [6.45, 7) is 30.5. The van der Waals surface area contributed by atoms with Gasteiger partial charge in [-0.15, -0.1) is 0 Å². The lowest BCUT2D eigenvalue weighted by atomic mass is 9.73. The first-order chi connectivity index (χ1) is 17.4. The fourth-order valence-corrected chi connectivity index (χ4v) is 5.16. The molecule has 200 valence electrons. The topological polar surface area (TPSA) is 61.3 Å². The highest BCUT2D eigenvalue weighted by molar-refractivity contribution is 5.81. The molecule has 0 saturated carbocycles. The number of aromatic hydroxyl groups is 1. The van der Waals surface area contributed by atoms with Crippen LogP contribution in [0.2, 0.25) is 0 Å². The van der Waals surface area contributed by atoms with Crippen LogP contribution >= 0.6 is 0 Å². The molecule has 1 aliphatic heterocycles. The summed E-state index contributed by atoms with van der Waals surface area (Å²) in [5, 5.41) is 14.5.